The van der Waals surface area contributed by atoms with Gasteiger partial charge in [-0.2, -0.15) is 0 Å². The lowest BCUT2D eigenvalue weighted by Gasteiger charge is -2.29. The maximum absolute atomic E-state index is 12.4. The van der Waals surface area contributed by atoms with Crippen molar-refractivity contribution >= 4 is 17.7 Å². The van der Waals surface area contributed by atoms with E-state index in [1.807, 2.05) is 14.0 Å². The number of amides is 1. The van der Waals surface area contributed by atoms with Crippen molar-refractivity contribution in [2.45, 2.75) is 36.7 Å². The van der Waals surface area contributed by atoms with E-state index in [0.717, 1.165) is 18.4 Å². The molecule has 0 spiro atoms. The summed E-state index contributed by atoms with van der Waals surface area (Å²) in [6, 6.07) is 8.31. The Kier molecular flexibility index (Phi) is 4.21. The Hall–Kier alpha value is -1.00. The Morgan fingerprint density at radius 3 is 2.47 bits per heavy atom. The first-order chi connectivity index (χ1) is 8.95. The highest BCUT2D eigenvalue weighted by Gasteiger charge is 2.45. The summed E-state index contributed by atoms with van der Waals surface area (Å²) in [6.07, 6.45) is 4.21. The molecule has 0 heterocycles. The molecule has 2 N–H and O–H groups in total. The quantitative estimate of drug-likeness (QED) is 0.842. The summed E-state index contributed by atoms with van der Waals surface area (Å²) < 4.78 is 0. The van der Waals surface area contributed by atoms with Gasteiger partial charge in [-0.05, 0) is 49.6 Å². The van der Waals surface area contributed by atoms with E-state index in [4.69, 9.17) is 5.73 Å². The van der Waals surface area contributed by atoms with Gasteiger partial charge in [-0.3, -0.25) is 4.79 Å². The highest BCUT2D eigenvalue weighted by molar-refractivity contribution is 7.98. The average Bonchev–Trinajstić information content (AvgIpc) is 3.23. The fourth-order valence-corrected chi connectivity index (χ4v) is 2.75. The van der Waals surface area contributed by atoms with E-state index in [1.165, 1.54) is 4.90 Å². The van der Waals surface area contributed by atoms with Gasteiger partial charge in [0.1, 0.15) is 0 Å². The molecular weight excluding hydrogens is 256 g/mol. The molecular formula is C15H22N2OS. The molecule has 4 heteroatoms. The molecule has 0 aromatic heterocycles. The molecule has 1 atom stereocenters. The number of nitrogens with two attached hydrogens (primary N) is 1. The van der Waals surface area contributed by atoms with Crippen LogP contribution >= 0.6 is 11.8 Å². The highest BCUT2D eigenvalue weighted by atomic mass is 32.2. The molecule has 2 rings (SSSR count). The van der Waals surface area contributed by atoms with Gasteiger partial charge in [-0.15, -0.1) is 11.8 Å². The van der Waals surface area contributed by atoms with Crippen molar-refractivity contribution in [2.24, 2.45) is 11.7 Å². The Bertz CT molecular complexity index is 452. The molecule has 0 aliphatic heterocycles. The van der Waals surface area contributed by atoms with E-state index in [1.54, 1.807) is 16.7 Å². The fourth-order valence-electron chi connectivity index (χ4n) is 2.35. The molecule has 1 amide bonds. The lowest BCUT2D eigenvalue weighted by molar-refractivity contribution is -0.136. The summed E-state index contributed by atoms with van der Waals surface area (Å²) in [7, 11) is 1.83. The summed E-state index contributed by atoms with van der Waals surface area (Å²) >= 11 is 1.72. The Labute approximate surface area is 119 Å². The van der Waals surface area contributed by atoms with Crippen LogP contribution in [0.1, 0.15) is 25.3 Å². The SMILES string of the molecule is CSc1ccc(CN(C)C(=O)C(C)(N)C2CC2)cc1. The van der Waals surface area contributed by atoms with Crippen molar-refractivity contribution in [2.75, 3.05) is 13.3 Å². The molecule has 3 nitrogen and oxygen atoms in total. The normalized spacial score (nSPS) is 17.9. The molecule has 0 bridgehead atoms. The molecule has 1 unspecified atom stereocenters. The summed E-state index contributed by atoms with van der Waals surface area (Å²) in [4.78, 5) is 15.3. The molecule has 0 radical (unpaired) electrons. The monoisotopic (exact) mass is 278 g/mol. The minimum atomic E-state index is -0.700. The topological polar surface area (TPSA) is 46.3 Å². The third-order valence-corrected chi connectivity index (χ3v) is 4.56. The van der Waals surface area contributed by atoms with Gasteiger partial charge in [0.25, 0.3) is 0 Å². The van der Waals surface area contributed by atoms with Crippen molar-refractivity contribution in [1.29, 1.82) is 0 Å². The number of rotatable bonds is 5. The predicted octanol–water partition coefficient (Wildman–Crippen LogP) is 2.49. The molecule has 104 valence electrons. The Morgan fingerprint density at radius 2 is 2.00 bits per heavy atom. The summed E-state index contributed by atoms with van der Waals surface area (Å²) in [5.74, 6) is 0.408. The number of hydrogen-bond acceptors (Lipinski definition) is 3. The highest BCUT2D eigenvalue weighted by Crippen LogP contribution is 2.38. The van der Waals surface area contributed by atoms with E-state index in [9.17, 15) is 4.79 Å². The van der Waals surface area contributed by atoms with E-state index in [2.05, 4.69) is 30.5 Å². The maximum Gasteiger partial charge on any atom is 0.242 e. The lowest BCUT2D eigenvalue weighted by atomic mass is 9.95. The average molecular weight is 278 g/mol. The first kappa shape index (κ1) is 14.4. The lowest BCUT2D eigenvalue weighted by Crippen LogP contribution is -2.53. The molecule has 1 aromatic carbocycles. The first-order valence-corrected chi connectivity index (χ1v) is 7.85. The first-order valence-electron chi connectivity index (χ1n) is 6.62. The van der Waals surface area contributed by atoms with Crippen LogP contribution in [0.5, 0.6) is 0 Å². The van der Waals surface area contributed by atoms with E-state index in [-0.39, 0.29) is 5.91 Å². The molecule has 0 saturated heterocycles. The zero-order chi connectivity index (χ0) is 14.0. The van der Waals surface area contributed by atoms with Gasteiger partial charge in [-0.1, -0.05) is 12.1 Å². The molecule has 19 heavy (non-hydrogen) atoms. The third-order valence-electron chi connectivity index (χ3n) is 3.81. The van der Waals surface area contributed by atoms with Crippen LogP contribution in [0.2, 0.25) is 0 Å². The number of hydrogen-bond donors (Lipinski definition) is 1. The van der Waals surface area contributed by atoms with Gasteiger partial charge in [0, 0.05) is 18.5 Å². The van der Waals surface area contributed by atoms with Crippen LogP contribution in [0.15, 0.2) is 29.2 Å². The largest absolute Gasteiger partial charge is 0.340 e. The molecule has 1 saturated carbocycles. The van der Waals surface area contributed by atoms with Crippen molar-refractivity contribution < 1.29 is 4.79 Å². The van der Waals surface area contributed by atoms with Crippen LogP contribution in [-0.2, 0) is 11.3 Å². The molecule has 1 fully saturated rings. The van der Waals surface area contributed by atoms with Crippen molar-refractivity contribution in [3.8, 4) is 0 Å². The second-order valence-electron chi connectivity index (χ2n) is 5.57. The van der Waals surface area contributed by atoms with Crippen molar-refractivity contribution in [3.63, 3.8) is 0 Å². The minimum Gasteiger partial charge on any atom is -0.340 e. The van der Waals surface area contributed by atoms with Crippen LogP contribution in [0, 0.1) is 5.92 Å². The number of benzene rings is 1. The summed E-state index contributed by atoms with van der Waals surface area (Å²) in [5, 5.41) is 0. The van der Waals surface area contributed by atoms with Crippen LogP contribution in [0.25, 0.3) is 0 Å². The van der Waals surface area contributed by atoms with E-state index in [0.29, 0.717) is 12.5 Å². The van der Waals surface area contributed by atoms with Gasteiger partial charge in [-0.25, -0.2) is 0 Å². The smallest absolute Gasteiger partial charge is 0.242 e. The van der Waals surface area contributed by atoms with Gasteiger partial charge in [0.05, 0.1) is 5.54 Å². The number of carbonyl (C=O) groups excluding carboxylic acids is 1. The zero-order valence-corrected chi connectivity index (χ0v) is 12.7. The summed E-state index contributed by atoms with van der Waals surface area (Å²) in [5.41, 5.74) is 6.61. The van der Waals surface area contributed by atoms with E-state index >= 15 is 0 Å². The maximum atomic E-state index is 12.4. The van der Waals surface area contributed by atoms with Crippen molar-refractivity contribution in [3.05, 3.63) is 29.8 Å². The summed E-state index contributed by atoms with van der Waals surface area (Å²) in [6.45, 7) is 2.48. The number of nitrogens with zero attached hydrogens (tertiary/aromatic N) is 1. The fraction of sp³-hybridized carbons (Fsp3) is 0.533. The van der Waals surface area contributed by atoms with Gasteiger partial charge in [0.2, 0.25) is 5.91 Å². The van der Waals surface area contributed by atoms with E-state index < -0.39 is 5.54 Å². The minimum absolute atomic E-state index is 0.0453. The number of likely N-dealkylation sites (N-methyl/N-ethyl adjacent to an activating group) is 1. The van der Waals surface area contributed by atoms with Crippen molar-refractivity contribution in [1.82, 2.24) is 4.90 Å². The number of thioether (sulfide) groups is 1. The standard InChI is InChI=1S/C15H22N2OS/c1-15(16,12-6-7-12)14(18)17(2)10-11-4-8-13(19-3)9-5-11/h4-5,8-9,12H,6-7,10,16H2,1-3H3. The zero-order valence-electron chi connectivity index (χ0n) is 11.8. The Morgan fingerprint density at radius 1 is 1.42 bits per heavy atom. The van der Waals surface area contributed by atoms with Gasteiger partial charge in [0.15, 0.2) is 0 Å². The third kappa shape index (κ3) is 3.31. The van der Waals surface area contributed by atoms with Crippen LogP contribution in [0.4, 0.5) is 0 Å². The second kappa shape index (κ2) is 5.55. The van der Waals surface area contributed by atoms with Crippen LogP contribution in [-0.4, -0.2) is 29.6 Å². The Balaban J connectivity index is 1.99. The molecule has 1 aromatic rings. The van der Waals surface area contributed by atoms with Crippen LogP contribution in [0.3, 0.4) is 0 Å². The van der Waals surface area contributed by atoms with Gasteiger partial charge >= 0.3 is 0 Å². The second-order valence-corrected chi connectivity index (χ2v) is 6.45. The number of carbonyl (C=O) groups is 1. The molecule has 1 aliphatic rings. The van der Waals surface area contributed by atoms with Gasteiger partial charge < -0.3 is 10.6 Å². The predicted molar refractivity (Wildman–Crippen MR) is 80.0 cm³/mol. The van der Waals surface area contributed by atoms with Crippen LogP contribution < -0.4 is 5.73 Å². The molecule has 1 aliphatic carbocycles.